The molecule has 0 aliphatic rings. The van der Waals surface area contributed by atoms with Crippen molar-refractivity contribution in [3.8, 4) is 28.0 Å². The molecule has 212 valence electrons. The molecule has 4 aromatic carbocycles. The van der Waals surface area contributed by atoms with Crippen molar-refractivity contribution >= 4 is 11.9 Å². The molecule has 4 aromatic rings. The number of carbonyl (C=O) groups excluding carboxylic acids is 2. The van der Waals surface area contributed by atoms with Gasteiger partial charge in [0.25, 0.3) is 0 Å². The van der Waals surface area contributed by atoms with Crippen LogP contribution < -0.4 is 4.74 Å². The van der Waals surface area contributed by atoms with E-state index in [-0.39, 0.29) is 11.6 Å². The van der Waals surface area contributed by atoms with Crippen LogP contribution in [-0.4, -0.2) is 38.4 Å². The lowest BCUT2D eigenvalue weighted by atomic mass is 9.94. The summed E-state index contributed by atoms with van der Waals surface area (Å²) < 4.78 is 22.0. The van der Waals surface area contributed by atoms with E-state index in [1.165, 1.54) is 7.11 Å². The van der Waals surface area contributed by atoms with Crippen LogP contribution in [0.5, 0.6) is 5.75 Å². The van der Waals surface area contributed by atoms with Gasteiger partial charge in [-0.05, 0) is 91.9 Å². The lowest BCUT2D eigenvalue weighted by Gasteiger charge is -2.31. The van der Waals surface area contributed by atoms with Gasteiger partial charge in [0, 0.05) is 7.11 Å². The number of rotatable bonds is 10. The topological polar surface area (TPSA) is 71.1 Å². The highest BCUT2D eigenvalue weighted by Crippen LogP contribution is 2.30. The number of carbonyl (C=O) groups is 2. The Morgan fingerprint density at radius 2 is 1.00 bits per heavy atom. The van der Waals surface area contributed by atoms with E-state index in [4.69, 9.17) is 18.9 Å². The quantitative estimate of drug-likeness (QED) is 0.148. The van der Waals surface area contributed by atoms with E-state index >= 15 is 0 Å². The molecule has 0 radical (unpaired) electrons. The fourth-order valence-corrected chi connectivity index (χ4v) is 4.16. The van der Waals surface area contributed by atoms with E-state index in [0.29, 0.717) is 23.5 Å². The number of ether oxygens (including phenoxy) is 4. The van der Waals surface area contributed by atoms with Gasteiger partial charge in [-0.3, -0.25) is 0 Å². The van der Waals surface area contributed by atoms with Gasteiger partial charge in [-0.1, -0.05) is 60.7 Å². The summed E-state index contributed by atoms with van der Waals surface area (Å²) in [7, 11) is 3.04. The van der Waals surface area contributed by atoms with Crippen molar-refractivity contribution in [3.63, 3.8) is 0 Å². The second kappa shape index (κ2) is 12.5. The van der Waals surface area contributed by atoms with Crippen molar-refractivity contribution in [2.24, 2.45) is 0 Å². The van der Waals surface area contributed by atoms with Gasteiger partial charge in [-0.15, -0.1) is 0 Å². The van der Waals surface area contributed by atoms with E-state index in [9.17, 15) is 9.59 Å². The van der Waals surface area contributed by atoms with Gasteiger partial charge in [-0.25, -0.2) is 9.59 Å². The summed E-state index contributed by atoms with van der Waals surface area (Å²) in [6.45, 7) is 8.57. The van der Waals surface area contributed by atoms with E-state index in [0.717, 1.165) is 27.8 Å². The van der Waals surface area contributed by atoms with Crippen LogP contribution in [0, 0.1) is 0 Å². The van der Waals surface area contributed by atoms with Crippen LogP contribution in [0.2, 0.25) is 0 Å². The summed E-state index contributed by atoms with van der Waals surface area (Å²) in [6, 6.07) is 30.0. The minimum atomic E-state index is -0.463. The molecular weight excluding hydrogens is 516 g/mol. The van der Waals surface area contributed by atoms with Gasteiger partial charge < -0.3 is 18.9 Å². The second-order valence-corrected chi connectivity index (χ2v) is 10.9. The zero-order valence-electron chi connectivity index (χ0n) is 24.4. The minimum absolute atomic E-state index is 0.357. The minimum Gasteiger partial charge on any atom is -0.465 e. The summed E-state index contributed by atoms with van der Waals surface area (Å²) in [5.41, 5.74) is 5.10. The number of hydrogen-bond acceptors (Lipinski definition) is 6. The highest BCUT2D eigenvalue weighted by Gasteiger charge is 2.26. The molecule has 41 heavy (non-hydrogen) atoms. The van der Waals surface area contributed by atoms with Crippen molar-refractivity contribution in [2.45, 2.75) is 38.9 Å². The zero-order valence-corrected chi connectivity index (χ0v) is 24.4. The van der Waals surface area contributed by atoms with E-state index in [1.807, 2.05) is 64.1 Å². The molecule has 0 fully saturated rings. The Labute approximate surface area is 241 Å². The Hall–Kier alpha value is -4.26. The first-order chi connectivity index (χ1) is 19.5. The molecule has 0 saturated carbocycles. The molecule has 0 aliphatic heterocycles. The molecule has 4 rings (SSSR count). The van der Waals surface area contributed by atoms with Gasteiger partial charge in [0.2, 0.25) is 0 Å². The van der Waals surface area contributed by atoms with E-state index in [1.54, 1.807) is 43.5 Å². The molecular formula is C35H36O6. The van der Waals surface area contributed by atoms with Crippen molar-refractivity contribution in [1.82, 2.24) is 0 Å². The number of benzene rings is 4. The smallest absolute Gasteiger partial charge is 0.343 e. The summed E-state index contributed by atoms with van der Waals surface area (Å²) in [5, 5.41) is 0. The van der Waals surface area contributed by atoms with Gasteiger partial charge in [0.15, 0.2) is 0 Å². The molecule has 0 spiro atoms. The molecule has 6 nitrogen and oxygen atoms in total. The van der Waals surface area contributed by atoms with Crippen LogP contribution in [0.25, 0.3) is 22.3 Å². The fourth-order valence-electron chi connectivity index (χ4n) is 4.16. The molecule has 6 heteroatoms. The first kappa shape index (κ1) is 29.7. The zero-order chi connectivity index (χ0) is 29.6. The Balaban J connectivity index is 1.37. The van der Waals surface area contributed by atoms with Crippen LogP contribution in [0.15, 0.2) is 97.1 Å². The fraction of sp³-hybridized carbons (Fsp3) is 0.257. The number of hydrogen-bond donors (Lipinski definition) is 0. The highest BCUT2D eigenvalue weighted by atomic mass is 16.5. The second-order valence-electron chi connectivity index (χ2n) is 10.9. The Kier molecular flexibility index (Phi) is 9.06. The summed E-state index contributed by atoms with van der Waals surface area (Å²) in [5.74, 6) is -0.360. The predicted molar refractivity (Wildman–Crippen MR) is 160 cm³/mol. The monoisotopic (exact) mass is 552 g/mol. The maximum absolute atomic E-state index is 12.8. The maximum atomic E-state index is 12.8. The van der Waals surface area contributed by atoms with Crippen LogP contribution in [0.4, 0.5) is 0 Å². The molecule has 0 saturated heterocycles. The van der Waals surface area contributed by atoms with Gasteiger partial charge in [0.05, 0.1) is 36.0 Å². The summed E-state index contributed by atoms with van der Waals surface area (Å²) in [6.07, 6.45) is 0. The van der Waals surface area contributed by atoms with Gasteiger partial charge >= 0.3 is 11.9 Å². The van der Waals surface area contributed by atoms with Crippen molar-refractivity contribution in [1.29, 1.82) is 0 Å². The Bertz CT molecular complexity index is 1470. The standard InChI is InChI=1S/C35H36O6/c1-34(2,39-6)23-40-35(3,4)30-19-15-26(16-20-30)24-9-13-29(14-10-24)33(37)41-31-21-17-27(18-22-31)25-7-11-28(12-8-25)32(36)38-5/h7-22H,23H2,1-6H3. The van der Waals surface area contributed by atoms with Gasteiger partial charge in [0.1, 0.15) is 5.75 Å². The molecule has 0 amide bonds. The van der Waals surface area contributed by atoms with E-state index < -0.39 is 11.6 Å². The third-order valence-electron chi connectivity index (χ3n) is 7.07. The van der Waals surface area contributed by atoms with E-state index in [2.05, 4.69) is 24.3 Å². The van der Waals surface area contributed by atoms with Crippen LogP contribution in [-0.2, 0) is 19.8 Å². The van der Waals surface area contributed by atoms with Crippen molar-refractivity contribution < 1.29 is 28.5 Å². The number of esters is 2. The lowest BCUT2D eigenvalue weighted by molar-refractivity contribution is -0.109. The SMILES string of the molecule is COC(=O)c1ccc(-c2ccc(OC(=O)c3ccc(-c4ccc(C(C)(C)OCC(C)(C)OC)cc4)cc3)cc2)cc1. The Morgan fingerprint density at radius 3 is 1.44 bits per heavy atom. The van der Waals surface area contributed by atoms with Crippen LogP contribution in [0.3, 0.4) is 0 Å². The molecule has 0 N–H and O–H groups in total. The maximum Gasteiger partial charge on any atom is 0.343 e. The molecule has 0 aromatic heterocycles. The van der Waals surface area contributed by atoms with Crippen LogP contribution >= 0.6 is 0 Å². The summed E-state index contributed by atoms with van der Waals surface area (Å²) in [4.78, 5) is 24.4. The molecule has 0 aliphatic carbocycles. The average Bonchev–Trinajstić information content (AvgIpc) is 3.00. The first-order valence-corrected chi connectivity index (χ1v) is 13.4. The summed E-state index contributed by atoms with van der Waals surface area (Å²) >= 11 is 0. The third-order valence-corrected chi connectivity index (χ3v) is 7.07. The van der Waals surface area contributed by atoms with Crippen molar-refractivity contribution in [3.05, 3.63) is 114 Å². The normalized spacial score (nSPS) is 11.7. The number of methoxy groups -OCH3 is 2. The molecule has 0 atom stereocenters. The predicted octanol–water partition coefficient (Wildman–Crippen LogP) is 7.70. The van der Waals surface area contributed by atoms with Crippen LogP contribution in [0.1, 0.15) is 54.0 Å². The van der Waals surface area contributed by atoms with Crippen molar-refractivity contribution in [2.75, 3.05) is 20.8 Å². The molecule has 0 unspecified atom stereocenters. The largest absolute Gasteiger partial charge is 0.465 e. The average molecular weight is 553 g/mol. The molecule has 0 heterocycles. The van der Waals surface area contributed by atoms with Gasteiger partial charge in [-0.2, -0.15) is 0 Å². The highest BCUT2D eigenvalue weighted by molar-refractivity contribution is 5.92. The molecule has 0 bridgehead atoms. The lowest BCUT2D eigenvalue weighted by Crippen LogP contribution is -2.34. The third kappa shape index (κ3) is 7.48. The Morgan fingerprint density at radius 1 is 0.585 bits per heavy atom. The first-order valence-electron chi connectivity index (χ1n) is 13.4.